The molecule has 4 unspecified atom stereocenters. The van der Waals surface area contributed by atoms with E-state index in [1.165, 1.54) is 34.1 Å². The largest absolute Gasteiger partial charge is 0.695 e. The molecule has 2 aliphatic rings. The van der Waals surface area contributed by atoms with Crippen LogP contribution in [0.3, 0.4) is 0 Å². The second-order valence-corrected chi connectivity index (χ2v) is 13.4. The van der Waals surface area contributed by atoms with E-state index in [4.69, 9.17) is 29.8 Å². The third-order valence-corrected chi connectivity index (χ3v) is 10.1. The summed E-state index contributed by atoms with van der Waals surface area (Å²) in [5, 5.41) is 29.7. The summed E-state index contributed by atoms with van der Waals surface area (Å²) >= 11 is 0.959. The van der Waals surface area contributed by atoms with Crippen molar-refractivity contribution in [3.8, 4) is 0 Å². The Morgan fingerprint density at radius 2 is 1.84 bits per heavy atom. The number of phosphoric ester groups is 1. The predicted molar refractivity (Wildman–Crippen MR) is 153 cm³/mol. The van der Waals surface area contributed by atoms with Crippen LogP contribution in [0.25, 0.3) is 22.3 Å². The third-order valence-electron chi connectivity index (χ3n) is 7.16. The number of ether oxygens (including phenoxy) is 1. The van der Waals surface area contributed by atoms with Gasteiger partial charge in [0.25, 0.3) is 5.56 Å². The lowest BCUT2D eigenvalue weighted by Gasteiger charge is -2.25. The van der Waals surface area contributed by atoms with Gasteiger partial charge < -0.3 is 36.4 Å². The fraction of sp³-hybridized carbons (Fsp3) is 0.476. The molecule has 45 heavy (non-hydrogen) atoms. The maximum Gasteiger partial charge on any atom is 0.695 e. The van der Waals surface area contributed by atoms with Gasteiger partial charge in [-0.1, -0.05) is 0 Å². The minimum atomic E-state index is -5.10. The summed E-state index contributed by atoms with van der Waals surface area (Å²) in [7, 11) is -8.36. The van der Waals surface area contributed by atoms with Crippen LogP contribution < -0.4 is 17.0 Å². The highest BCUT2D eigenvalue weighted by molar-refractivity contribution is 8.00. The molecule has 0 amide bonds. The lowest BCUT2D eigenvalue weighted by molar-refractivity contribution is -0.0551. The van der Waals surface area contributed by atoms with Crippen LogP contribution in [0.1, 0.15) is 11.6 Å². The van der Waals surface area contributed by atoms with Crippen molar-refractivity contribution < 1.29 is 52.5 Å². The number of fused-ring (bicyclic) bond motifs is 2. The number of H-pyrrole nitrogens is 1. The van der Waals surface area contributed by atoms with Gasteiger partial charge in [-0.3, -0.25) is 28.0 Å². The number of nitrogens with zero attached hydrogens (tertiary/aromatic N) is 6. The minimum absolute atomic E-state index is 0.0115. The first-order valence-corrected chi connectivity index (χ1v) is 16.5. The molecule has 2 saturated heterocycles. The standard InChI is InChI=1S/C21H25N9O12P2S/c22-7-1-2-24-16-10(7)25-5-29(16)19-13(33)14(41-43(35)36)8(40-19)4-39-44(37,38)42-15-12(32)9(3-31)45-20(15)30-6-26-11-17(30)27-21(23)28-18(11)34/h1-2,5-6,8-9,12-15,19-20,31-33H,3-4H2,(H6-,22,23,24,27,28,34,35,36,37,38)/p+1/t8-,9-,12+,13?,14+,15?,19-,20-/m1/s1. The van der Waals surface area contributed by atoms with Crippen molar-refractivity contribution in [3.63, 3.8) is 0 Å². The Morgan fingerprint density at radius 3 is 2.58 bits per heavy atom. The van der Waals surface area contributed by atoms with Gasteiger partial charge in [0.2, 0.25) is 5.95 Å². The highest BCUT2D eigenvalue weighted by atomic mass is 32.2. The molecule has 4 aromatic rings. The molecule has 10 atom stereocenters. The van der Waals surface area contributed by atoms with Crippen LogP contribution in [0.4, 0.5) is 11.6 Å². The number of thioether (sulfide) groups is 1. The second-order valence-electron chi connectivity index (χ2n) is 9.94. The van der Waals surface area contributed by atoms with Crippen molar-refractivity contribution in [2.24, 2.45) is 0 Å². The fourth-order valence-corrected chi connectivity index (χ4v) is 8.06. The number of phosphoric acid groups is 1. The molecule has 2 fully saturated rings. The molecule has 6 rings (SSSR count). The molecule has 2 aliphatic heterocycles. The van der Waals surface area contributed by atoms with Crippen LogP contribution in [-0.2, 0) is 27.4 Å². The molecule has 21 nitrogen and oxygen atoms in total. The van der Waals surface area contributed by atoms with Crippen LogP contribution >= 0.6 is 27.8 Å². The third kappa shape index (κ3) is 5.96. The maximum absolute atomic E-state index is 13.2. The van der Waals surface area contributed by atoms with E-state index in [0.29, 0.717) is 11.2 Å². The first-order valence-electron chi connectivity index (χ1n) is 12.9. The van der Waals surface area contributed by atoms with Crippen LogP contribution in [0.5, 0.6) is 0 Å². The normalized spacial score (nSPS) is 30.3. The van der Waals surface area contributed by atoms with E-state index in [1.807, 2.05) is 0 Å². The molecule has 24 heteroatoms. The summed E-state index contributed by atoms with van der Waals surface area (Å²) < 4.78 is 48.7. The van der Waals surface area contributed by atoms with E-state index in [1.54, 1.807) is 0 Å². The zero-order chi connectivity index (χ0) is 32.2. The summed E-state index contributed by atoms with van der Waals surface area (Å²) in [4.78, 5) is 51.0. The van der Waals surface area contributed by atoms with Crippen LogP contribution in [0.15, 0.2) is 29.7 Å². The van der Waals surface area contributed by atoms with Crippen molar-refractivity contribution in [2.45, 2.75) is 47.4 Å². The molecule has 0 radical (unpaired) electrons. The van der Waals surface area contributed by atoms with E-state index in [2.05, 4.69) is 24.9 Å². The van der Waals surface area contributed by atoms with Gasteiger partial charge in [-0.05, 0) is 6.07 Å². The van der Waals surface area contributed by atoms with Gasteiger partial charge in [0.15, 0.2) is 29.1 Å². The van der Waals surface area contributed by atoms with Gasteiger partial charge in [-0.2, -0.15) is 4.98 Å². The molecular weight excluding hydrogens is 664 g/mol. The highest BCUT2D eigenvalue weighted by Crippen LogP contribution is 2.53. The maximum atomic E-state index is 13.2. The molecule has 242 valence electrons. The van der Waals surface area contributed by atoms with Gasteiger partial charge >= 0.3 is 16.1 Å². The Balaban J connectivity index is 1.22. The van der Waals surface area contributed by atoms with Gasteiger partial charge in [0.05, 0.1) is 42.9 Å². The summed E-state index contributed by atoms with van der Waals surface area (Å²) in [6.07, 6.45) is -5.00. The Kier molecular flexibility index (Phi) is 8.67. The number of aliphatic hydroxyl groups excluding tert-OH is 3. The number of anilines is 2. The quantitative estimate of drug-likeness (QED) is 0.0877. The van der Waals surface area contributed by atoms with E-state index >= 15 is 0 Å². The number of hydrogen-bond acceptors (Lipinski definition) is 17. The number of nitrogens with one attached hydrogen (secondary N) is 1. The zero-order valence-corrected chi connectivity index (χ0v) is 25.2. The summed E-state index contributed by atoms with van der Waals surface area (Å²) in [6.45, 7) is -1.35. The van der Waals surface area contributed by atoms with E-state index in [-0.39, 0.29) is 22.8 Å². The van der Waals surface area contributed by atoms with Gasteiger partial charge in [-0.15, -0.1) is 21.2 Å². The van der Waals surface area contributed by atoms with Crippen LogP contribution in [-0.4, -0.2) is 108 Å². The fourth-order valence-electron chi connectivity index (χ4n) is 5.14. The number of nitrogen functional groups attached to an aromatic ring is 2. The highest BCUT2D eigenvalue weighted by Gasteiger charge is 2.52. The first kappa shape index (κ1) is 31.9. The lowest BCUT2D eigenvalue weighted by Crippen LogP contribution is -2.36. The topological polar surface area (TPSA) is 319 Å². The van der Waals surface area contributed by atoms with Crippen molar-refractivity contribution in [1.82, 2.24) is 34.1 Å². The number of aromatic amines is 1. The Hall–Kier alpha value is -3.11. The number of hydrogen-bond donors (Lipinski definition) is 8. The average molecular weight is 691 g/mol. The summed E-state index contributed by atoms with van der Waals surface area (Å²) in [6, 6.07) is 1.51. The van der Waals surface area contributed by atoms with E-state index in [0.717, 1.165) is 11.8 Å². The number of aromatic nitrogens is 7. The second kappa shape index (κ2) is 12.2. The lowest BCUT2D eigenvalue weighted by atomic mass is 10.1. The van der Waals surface area contributed by atoms with Crippen molar-refractivity contribution in [1.29, 1.82) is 0 Å². The number of rotatable bonds is 10. The molecular formula is C21H26N9O12P2S+. The van der Waals surface area contributed by atoms with Gasteiger partial charge in [0.1, 0.15) is 29.2 Å². The number of imidazole rings is 2. The van der Waals surface area contributed by atoms with E-state index < -0.39 is 82.2 Å². The SMILES string of the molecule is Nc1nc2c(ncn2[C@@H]2S[C@H](CO)[C@H](O)C2OP(=O)(O)OC[C@H]2O[C@@H](n3cnc4c(N)ccnc43)C(O)[C@H]2O[P+](=O)O)c(=O)[nH]1. The monoisotopic (exact) mass is 690 g/mol. The zero-order valence-electron chi connectivity index (χ0n) is 22.6. The van der Waals surface area contributed by atoms with Crippen molar-refractivity contribution in [2.75, 3.05) is 24.7 Å². The van der Waals surface area contributed by atoms with Gasteiger partial charge in [0, 0.05) is 10.8 Å². The van der Waals surface area contributed by atoms with Gasteiger partial charge in [-0.25, -0.2) is 19.5 Å². The Morgan fingerprint density at radius 1 is 1.11 bits per heavy atom. The molecule has 0 bridgehead atoms. The predicted octanol–water partition coefficient (Wildman–Crippen LogP) is -1.51. The smallest absolute Gasteiger partial charge is 0.397 e. The number of nitrogens with two attached hydrogens (primary N) is 2. The minimum Gasteiger partial charge on any atom is -0.397 e. The van der Waals surface area contributed by atoms with Crippen molar-refractivity contribution >= 4 is 61.8 Å². The molecule has 0 aromatic carbocycles. The summed E-state index contributed by atoms with van der Waals surface area (Å²) in [5.41, 5.74) is 11.6. The molecule has 4 aromatic heterocycles. The number of pyridine rings is 1. The number of aliphatic hydroxyl groups is 3. The molecule has 10 N–H and O–H groups in total. The van der Waals surface area contributed by atoms with Crippen molar-refractivity contribution in [3.05, 3.63) is 35.3 Å². The Labute approximate surface area is 255 Å². The molecule has 6 heterocycles. The van der Waals surface area contributed by atoms with Crippen LogP contribution in [0.2, 0.25) is 0 Å². The summed E-state index contributed by atoms with van der Waals surface area (Å²) in [5.74, 6) is -0.230. The van der Waals surface area contributed by atoms with Crippen LogP contribution in [0, 0.1) is 0 Å². The first-order chi connectivity index (χ1) is 21.4. The molecule has 0 spiro atoms. The Bertz CT molecular complexity index is 1860. The average Bonchev–Trinajstić information content (AvgIpc) is 3.73. The van der Waals surface area contributed by atoms with E-state index in [9.17, 15) is 39.0 Å². The molecule has 0 aliphatic carbocycles. The molecule has 0 saturated carbocycles.